The fraction of sp³-hybridized carbons (Fsp3) is 0.478. The van der Waals surface area contributed by atoms with Crippen LogP contribution >= 0.6 is 0 Å². The lowest BCUT2D eigenvalue weighted by atomic mass is 9.87. The summed E-state index contributed by atoms with van der Waals surface area (Å²) in [6.07, 6.45) is 4.90. The third-order valence-electron chi connectivity index (χ3n) is 4.66. The number of rotatable bonds is 11. The van der Waals surface area contributed by atoms with E-state index < -0.39 is 0 Å². The molecule has 0 radical (unpaired) electrons. The first kappa shape index (κ1) is 20.9. The molecule has 2 rings (SSSR count). The summed E-state index contributed by atoms with van der Waals surface area (Å²) in [5, 5.41) is 19.8. The summed E-state index contributed by atoms with van der Waals surface area (Å²) in [6.45, 7) is 7.61. The number of phenols is 2. The van der Waals surface area contributed by atoms with Crippen molar-refractivity contribution in [2.45, 2.75) is 58.8 Å². The van der Waals surface area contributed by atoms with Gasteiger partial charge >= 0.3 is 0 Å². The van der Waals surface area contributed by atoms with Gasteiger partial charge in [0.2, 0.25) is 0 Å². The van der Waals surface area contributed by atoms with Crippen molar-refractivity contribution in [2.75, 3.05) is 13.2 Å². The van der Waals surface area contributed by atoms with Crippen LogP contribution < -0.4 is 9.47 Å². The number of phenolic OH excluding ortho intramolecular Hbond substituents is 2. The molecule has 27 heavy (non-hydrogen) atoms. The largest absolute Gasteiger partial charge is 0.508 e. The smallest absolute Gasteiger partial charge is 0.126 e. The van der Waals surface area contributed by atoms with Gasteiger partial charge in [-0.2, -0.15) is 0 Å². The summed E-state index contributed by atoms with van der Waals surface area (Å²) in [4.78, 5) is 0. The molecular weight excluding hydrogens is 340 g/mol. The maximum Gasteiger partial charge on any atom is 0.126 e. The van der Waals surface area contributed by atoms with E-state index in [0.29, 0.717) is 24.7 Å². The highest BCUT2D eigenvalue weighted by molar-refractivity contribution is 5.51. The summed E-state index contributed by atoms with van der Waals surface area (Å²) in [5.74, 6) is 1.88. The monoisotopic (exact) mass is 372 g/mol. The number of hydrogen-bond acceptors (Lipinski definition) is 4. The zero-order valence-electron chi connectivity index (χ0n) is 16.7. The molecule has 0 aromatic heterocycles. The van der Waals surface area contributed by atoms with E-state index in [1.54, 1.807) is 24.3 Å². The summed E-state index contributed by atoms with van der Waals surface area (Å²) in [7, 11) is 0. The first-order chi connectivity index (χ1) is 13.1. The van der Waals surface area contributed by atoms with Gasteiger partial charge in [-0.1, -0.05) is 45.7 Å². The average Bonchev–Trinajstić information content (AvgIpc) is 2.65. The molecule has 0 bridgehead atoms. The van der Waals surface area contributed by atoms with E-state index in [1.165, 1.54) is 0 Å². The first-order valence-electron chi connectivity index (χ1n) is 10.0. The van der Waals surface area contributed by atoms with E-state index in [-0.39, 0.29) is 17.4 Å². The minimum atomic E-state index is 0.0550. The highest BCUT2D eigenvalue weighted by Crippen LogP contribution is 2.41. The maximum atomic E-state index is 9.92. The van der Waals surface area contributed by atoms with Crippen LogP contribution in [0, 0.1) is 0 Å². The SMILES string of the molecule is CCCCOc1cc(O)ccc1C(CC)c1ccc(O)cc1OCCCC. The molecule has 0 saturated carbocycles. The van der Waals surface area contributed by atoms with Gasteiger partial charge in [0, 0.05) is 29.2 Å². The quantitative estimate of drug-likeness (QED) is 0.475. The van der Waals surface area contributed by atoms with Gasteiger partial charge in [-0.3, -0.25) is 0 Å². The van der Waals surface area contributed by atoms with Crippen molar-refractivity contribution >= 4 is 0 Å². The number of aromatic hydroxyl groups is 2. The number of hydrogen-bond donors (Lipinski definition) is 2. The van der Waals surface area contributed by atoms with E-state index in [2.05, 4.69) is 20.8 Å². The second-order valence-corrected chi connectivity index (χ2v) is 6.81. The van der Waals surface area contributed by atoms with Crippen molar-refractivity contribution in [1.82, 2.24) is 0 Å². The second kappa shape index (κ2) is 10.7. The van der Waals surface area contributed by atoms with Gasteiger partial charge in [0.25, 0.3) is 0 Å². The molecule has 0 spiro atoms. The fourth-order valence-electron chi connectivity index (χ4n) is 3.13. The normalized spacial score (nSPS) is 11.0. The van der Waals surface area contributed by atoms with Crippen LogP contribution in [-0.2, 0) is 0 Å². The zero-order valence-corrected chi connectivity index (χ0v) is 16.7. The van der Waals surface area contributed by atoms with Gasteiger partial charge in [0.15, 0.2) is 0 Å². The number of ether oxygens (including phenoxy) is 2. The Labute approximate surface area is 162 Å². The van der Waals surface area contributed by atoms with Crippen LogP contribution in [0.25, 0.3) is 0 Å². The molecule has 0 atom stereocenters. The lowest BCUT2D eigenvalue weighted by Gasteiger charge is -2.23. The Balaban J connectivity index is 2.38. The molecule has 148 valence electrons. The molecule has 0 aliphatic carbocycles. The molecule has 0 fully saturated rings. The van der Waals surface area contributed by atoms with E-state index >= 15 is 0 Å². The predicted octanol–water partition coefficient (Wildman–Crippen LogP) is 6.00. The van der Waals surface area contributed by atoms with Crippen molar-refractivity contribution in [2.24, 2.45) is 0 Å². The summed E-state index contributed by atoms with van der Waals surface area (Å²) >= 11 is 0. The Bertz CT molecular complexity index is 652. The first-order valence-corrected chi connectivity index (χ1v) is 10.0. The van der Waals surface area contributed by atoms with Gasteiger partial charge in [0.05, 0.1) is 13.2 Å². The van der Waals surface area contributed by atoms with Crippen molar-refractivity contribution in [1.29, 1.82) is 0 Å². The number of unbranched alkanes of at least 4 members (excludes halogenated alkanes) is 2. The second-order valence-electron chi connectivity index (χ2n) is 6.81. The Hall–Kier alpha value is -2.36. The molecule has 2 N–H and O–H groups in total. The molecule has 2 aromatic rings. The third kappa shape index (κ3) is 5.81. The van der Waals surface area contributed by atoms with Crippen molar-refractivity contribution < 1.29 is 19.7 Å². The molecule has 0 aliphatic rings. The molecule has 0 amide bonds. The van der Waals surface area contributed by atoms with Crippen LogP contribution in [-0.4, -0.2) is 23.4 Å². The van der Waals surface area contributed by atoms with E-state index in [0.717, 1.165) is 43.2 Å². The summed E-state index contributed by atoms with van der Waals surface area (Å²) in [6, 6.07) is 10.6. The Morgan fingerprint density at radius 3 is 1.56 bits per heavy atom. The van der Waals surface area contributed by atoms with Crippen LogP contribution in [0.5, 0.6) is 23.0 Å². The highest BCUT2D eigenvalue weighted by Gasteiger charge is 2.21. The van der Waals surface area contributed by atoms with Gasteiger partial charge in [-0.05, 0) is 31.4 Å². The molecule has 4 nitrogen and oxygen atoms in total. The van der Waals surface area contributed by atoms with Crippen LogP contribution in [0.1, 0.15) is 69.9 Å². The predicted molar refractivity (Wildman–Crippen MR) is 109 cm³/mol. The Morgan fingerprint density at radius 2 is 1.19 bits per heavy atom. The minimum Gasteiger partial charge on any atom is -0.508 e. The standard InChI is InChI=1S/C23H32O4/c1-4-7-13-26-22-15-17(24)9-11-20(22)19(6-3)21-12-10-18(25)16-23(21)27-14-8-5-2/h9-12,15-16,19,24-25H,4-8,13-14H2,1-3H3. The Kier molecular flexibility index (Phi) is 8.31. The van der Waals surface area contributed by atoms with E-state index in [1.807, 2.05) is 12.1 Å². The lowest BCUT2D eigenvalue weighted by Crippen LogP contribution is -2.08. The molecule has 0 aliphatic heterocycles. The zero-order chi connectivity index (χ0) is 19.6. The Morgan fingerprint density at radius 1 is 0.741 bits per heavy atom. The molecule has 2 aromatic carbocycles. The van der Waals surface area contributed by atoms with Crippen LogP contribution in [0.4, 0.5) is 0 Å². The molecule has 0 heterocycles. The van der Waals surface area contributed by atoms with Gasteiger partial charge in [-0.25, -0.2) is 0 Å². The van der Waals surface area contributed by atoms with Crippen molar-refractivity contribution in [3.05, 3.63) is 47.5 Å². The average molecular weight is 373 g/mol. The van der Waals surface area contributed by atoms with Crippen molar-refractivity contribution in [3.63, 3.8) is 0 Å². The lowest BCUT2D eigenvalue weighted by molar-refractivity contribution is 0.298. The van der Waals surface area contributed by atoms with Crippen LogP contribution in [0.3, 0.4) is 0 Å². The van der Waals surface area contributed by atoms with Gasteiger partial charge < -0.3 is 19.7 Å². The van der Waals surface area contributed by atoms with E-state index in [9.17, 15) is 10.2 Å². The molecule has 4 heteroatoms. The fourth-order valence-corrected chi connectivity index (χ4v) is 3.13. The van der Waals surface area contributed by atoms with Crippen LogP contribution in [0.2, 0.25) is 0 Å². The van der Waals surface area contributed by atoms with Gasteiger partial charge in [0.1, 0.15) is 23.0 Å². The van der Waals surface area contributed by atoms with Crippen molar-refractivity contribution in [3.8, 4) is 23.0 Å². The highest BCUT2D eigenvalue weighted by atomic mass is 16.5. The summed E-state index contributed by atoms with van der Waals surface area (Å²) in [5.41, 5.74) is 2.05. The molecular formula is C23H32O4. The molecule has 0 saturated heterocycles. The maximum absolute atomic E-state index is 9.92. The third-order valence-corrected chi connectivity index (χ3v) is 4.66. The molecule has 0 unspecified atom stereocenters. The topological polar surface area (TPSA) is 58.9 Å². The summed E-state index contributed by atoms with van der Waals surface area (Å²) < 4.78 is 11.9. The number of benzene rings is 2. The minimum absolute atomic E-state index is 0.0550. The van der Waals surface area contributed by atoms with Crippen LogP contribution in [0.15, 0.2) is 36.4 Å². The van der Waals surface area contributed by atoms with E-state index in [4.69, 9.17) is 9.47 Å². The van der Waals surface area contributed by atoms with Gasteiger partial charge in [-0.15, -0.1) is 0 Å².